The first kappa shape index (κ1) is 14.2. The zero-order valence-corrected chi connectivity index (χ0v) is 10.7. The van der Waals surface area contributed by atoms with Gasteiger partial charge in [-0.15, -0.1) is 0 Å². The molecule has 1 N–H and O–H groups in total. The molecule has 18 heavy (non-hydrogen) atoms. The van der Waals surface area contributed by atoms with Crippen LogP contribution in [0.2, 0.25) is 0 Å². The summed E-state index contributed by atoms with van der Waals surface area (Å²) in [6, 6.07) is 8.76. The maximum atomic E-state index is 11.5. The Bertz CT molecular complexity index is 378. The van der Waals surface area contributed by atoms with Crippen molar-refractivity contribution < 1.29 is 14.3 Å². The molecule has 0 bridgehead atoms. The average Bonchev–Trinajstić information content (AvgIpc) is 2.42. The number of carbonyl (C=O) groups excluding carboxylic acids is 2. The fourth-order valence-electron chi connectivity index (χ4n) is 1.42. The second kappa shape index (κ2) is 7.48. The fourth-order valence-corrected chi connectivity index (χ4v) is 1.42. The summed E-state index contributed by atoms with van der Waals surface area (Å²) in [5, 5.41) is 2.50. The summed E-state index contributed by atoms with van der Waals surface area (Å²) < 4.78 is 5.03. The molecule has 0 aliphatic heterocycles. The molecule has 97 valence electrons. The van der Waals surface area contributed by atoms with Crippen LogP contribution in [-0.4, -0.2) is 18.4 Å². The quantitative estimate of drug-likeness (QED) is 0.841. The SMILES string of the molecule is CCC(C)[C@@H]([C]=O)NC(=O)OCc1ccccc1. The maximum Gasteiger partial charge on any atom is 0.408 e. The second-order valence-electron chi connectivity index (χ2n) is 4.19. The van der Waals surface area contributed by atoms with Crippen LogP contribution in [0.5, 0.6) is 0 Å². The highest BCUT2D eigenvalue weighted by Gasteiger charge is 2.18. The molecule has 0 aliphatic carbocycles. The lowest BCUT2D eigenvalue weighted by molar-refractivity contribution is 0.135. The van der Waals surface area contributed by atoms with Gasteiger partial charge in [-0.25, -0.2) is 4.79 Å². The zero-order chi connectivity index (χ0) is 13.4. The molecular formula is C14H18NO3. The summed E-state index contributed by atoms with van der Waals surface area (Å²) in [5.41, 5.74) is 0.905. The van der Waals surface area contributed by atoms with Crippen LogP contribution >= 0.6 is 0 Å². The minimum Gasteiger partial charge on any atom is -0.445 e. The Morgan fingerprint density at radius 2 is 2.06 bits per heavy atom. The van der Waals surface area contributed by atoms with Crippen LogP contribution in [0, 0.1) is 5.92 Å². The minimum absolute atomic E-state index is 0.0479. The van der Waals surface area contributed by atoms with E-state index in [9.17, 15) is 9.59 Å². The Kier molecular flexibility index (Phi) is 5.91. The molecule has 1 radical (unpaired) electrons. The van der Waals surface area contributed by atoms with Crippen LogP contribution in [-0.2, 0) is 16.1 Å². The standard InChI is InChI=1S/C14H18NO3/c1-3-11(2)13(9-16)15-14(17)18-10-12-7-5-4-6-8-12/h4-8,11,13H,3,10H2,1-2H3,(H,15,17)/t11?,13-/m1/s1. The van der Waals surface area contributed by atoms with Gasteiger partial charge in [0.1, 0.15) is 12.6 Å². The topological polar surface area (TPSA) is 55.4 Å². The van der Waals surface area contributed by atoms with Gasteiger partial charge >= 0.3 is 6.09 Å². The van der Waals surface area contributed by atoms with Gasteiger partial charge in [0.25, 0.3) is 0 Å². The maximum absolute atomic E-state index is 11.5. The van der Waals surface area contributed by atoms with Crippen molar-refractivity contribution in [3.63, 3.8) is 0 Å². The number of ether oxygens (including phenoxy) is 1. The van der Waals surface area contributed by atoms with Crippen molar-refractivity contribution in [3.8, 4) is 0 Å². The number of nitrogens with one attached hydrogen (secondary N) is 1. The lowest BCUT2D eigenvalue weighted by Crippen LogP contribution is -2.40. The van der Waals surface area contributed by atoms with Gasteiger partial charge in [0, 0.05) is 0 Å². The largest absolute Gasteiger partial charge is 0.445 e. The molecule has 0 saturated heterocycles. The highest BCUT2D eigenvalue weighted by Crippen LogP contribution is 2.06. The molecule has 4 heteroatoms. The Labute approximate surface area is 107 Å². The molecule has 1 aromatic carbocycles. The van der Waals surface area contributed by atoms with E-state index in [0.717, 1.165) is 12.0 Å². The van der Waals surface area contributed by atoms with Gasteiger partial charge < -0.3 is 10.1 Å². The van der Waals surface area contributed by atoms with Gasteiger partial charge in [-0.05, 0) is 11.5 Å². The number of hydrogen-bond acceptors (Lipinski definition) is 3. The number of carbonyl (C=O) groups is 1. The highest BCUT2D eigenvalue weighted by molar-refractivity contribution is 5.73. The first-order valence-electron chi connectivity index (χ1n) is 6.02. The highest BCUT2D eigenvalue weighted by atomic mass is 16.5. The van der Waals surface area contributed by atoms with Crippen molar-refractivity contribution in [3.05, 3.63) is 35.9 Å². The number of rotatable bonds is 6. The van der Waals surface area contributed by atoms with Crippen molar-refractivity contribution in [2.24, 2.45) is 5.92 Å². The number of benzene rings is 1. The van der Waals surface area contributed by atoms with Crippen LogP contribution < -0.4 is 5.32 Å². The Hall–Kier alpha value is -1.84. The van der Waals surface area contributed by atoms with Gasteiger partial charge in [0.15, 0.2) is 0 Å². The molecule has 0 aliphatic rings. The predicted molar refractivity (Wildman–Crippen MR) is 68.7 cm³/mol. The monoisotopic (exact) mass is 248 g/mol. The zero-order valence-electron chi connectivity index (χ0n) is 10.7. The van der Waals surface area contributed by atoms with Crippen molar-refractivity contribution in [1.29, 1.82) is 0 Å². The van der Waals surface area contributed by atoms with Crippen LogP contribution in [0.25, 0.3) is 0 Å². The lowest BCUT2D eigenvalue weighted by atomic mass is 10.0. The number of alkyl carbamates (subject to hydrolysis) is 1. The summed E-state index contributed by atoms with van der Waals surface area (Å²) in [6.45, 7) is 4.03. The van der Waals surface area contributed by atoms with Crippen molar-refractivity contribution >= 4 is 12.4 Å². The Balaban J connectivity index is 2.39. The van der Waals surface area contributed by atoms with E-state index in [0.29, 0.717) is 0 Å². The molecule has 1 aromatic rings. The molecule has 4 nitrogen and oxygen atoms in total. The Morgan fingerprint density at radius 3 is 2.61 bits per heavy atom. The first-order chi connectivity index (χ1) is 8.67. The fraction of sp³-hybridized carbons (Fsp3) is 0.429. The summed E-state index contributed by atoms with van der Waals surface area (Å²) in [6.07, 6.45) is 2.02. The van der Waals surface area contributed by atoms with E-state index in [-0.39, 0.29) is 12.5 Å². The van der Waals surface area contributed by atoms with Crippen LogP contribution in [0.15, 0.2) is 30.3 Å². The van der Waals surface area contributed by atoms with E-state index in [2.05, 4.69) is 5.32 Å². The van der Waals surface area contributed by atoms with Gasteiger partial charge in [-0.2, -0.15) is 0 Å². The average molecular weight is 248 g/mol. The minimum atomic E-state index is -0.613. The molecule has 1 unspecified atom stereocenters. The second-order valence-corrected chi connectivity index (χ2v) is 4.19. The van der Waals surface area contributed by atoms with Gasteiger partial charge in [0.2, 0.25) is 6.29 Å². The van der Waals surface area contributed by atoms with Crippen LogP contribution in [0.3, 0.4) is 0 Å². The summed E-state index contributed by atoms with van der Waals surface area (Å²) in [4.78, 5) is 22.2. The molecular weight excluding hydrogens is 230 g/mol. The molecule has 0 spiro atoms. The van der Waals surface area contributed by atoms with E-state index in [1.165, 1.54) is 0 Å². The predicted octanol–water partition coefficient (Wildman–Crippen LogP) is 2.44. The van der Waals surface area contributed by atoms with Crippen molar-refractivity contribution in [2.75, 3.05) is 0 Å². The lowest BCUT2D eigenvalue weighted by Gasteiger charge is -2.17. The summed E-state index contributed by atoms with van der Waals surface area (Å²) in [7, 11) is 0. The number of amides is 1. The summed E-state index contributed by atoms with van der Waals surface area (Å²) >= 11 is 0. The molecule has 2 atom stereocenters. The van der Waals surface area contributed by atoms with E-state index in [1.807, 2.05) is 50.5 Å². The third kappa shape index (κ3) is 4.57. The van der Waals surface area contributed by atoms with Gasteiger partial charge in [-0.1, -0.05) is 50.6 Å². The van der Waals surface area contributed by atoms with E-state index in [4.69, 9.17) is 4.74 Å². The molecule has 0 fully saturated rings. The normalized spacial score (nSPS) is 13.4. The molecule has 0 saturated carbocycles. The van der Waals surface area contributed by atoms with Crippen molar-refractivity contribution in [2.45, 2.75) is 32.9 Å². The van der Waals surface area contributed by atoms with E-state index >= 15 is 0 Å². The van der Waals surface area contributed by atoms with E-state index in [1.54, 1.807) is 0 Å². The molecule has 0 aromatic heterocycles. The van der Waals surface area contributed by atoms with Gasteiger partial charge in [0.05, 0.1) is 0 Å². The van der Waals surface area contributed by atoms with E-state index < -0.39 is 12.1 Å². The first-order valence-corrected chi connectivity index (χ1v) is 6.02. The van der Waals surface area contributed by atoms with Crippen molar-refractivity contribution in [1.82, 2.24) is 5.32 Å². The molecule has 1 rings (SSSR count). The molecule has 0 heterocycles. The third-order valence-corrected chi connectivity index (χ3v) is 2.83. The summed E-state index contributed by atoms with van der Waals surface area (Å²) in [5.74, 6) is 0.0479. The van der Waals surface area contributed by atoms with Crippen LogP contribution in [0.4, 0.5) is 4.79 Å². The molecule has 1 amide bonds. The van der Waals surface area contributed by atoms with Crippen LogP contribution in [0.1, 0.15) is 25.8 Å². The smallest absolute Gasteiger partial charge is 0.408 e. The van der Waals surface area contributed by atoms with Gasteiger partial charge in [-0.3, -0.25) is 4.79 Å². The Morgan fingerprint density at radius 1 is 1.39 bits per heavy atom. The third-order valence-electron chi connectivity index (χ3n) is 2.83. The number of hydrogen-bond donors (Lipinski definition) is 1.